The Morgan fingerprint density at radius 2 is 1.88 bits per heavy atom. The number of hydrogen-bond donors (Lipinski definition) is 0. The summed E-state index contributed by atoms with van der Waals surface area (Å²) in [5.41, 5.74) is 0.624. The summed E-state index contributed by atoms with van der Waals surface area (Å²) < 4.78 is 2.94. The van der Waals surface area contributed by atoms with Crippen LogP contribution in [0.1, 0.15) is 19.9 Å². The lowest BCUT2D eigenvalue weighted by Gasteiger charge is -2.02. The predicted molar refractivity (Wildman–Crippen MR) is 63.2 cm³/mol. The first-order valence-electron chi connectivity index (χ1n) is 5.01. The van der Waals surface area contributed by atoms with E-state index in [1.807, 2.05) is 13.8 Å². The van der Waals surface area contributed by atoms with Crippen LogP contribution in [0.2, 0.25) is 5.02 Å². The SMILES string of the molecule is CC(C)n1ncn(-c2ccc(Cl)cc2)c1=O. The van der Waals surface area contributed by atoms with Crippen LogP contribution in [0.4, 0.5) is 0 Å². The molecule has 1 aromatic heterocycles. The Kier molecular flexibility index (Phi) is 2.83. The van der Waals surface area contributed by atoms with Crippen LogP contribution in [0, 0.1) is 0 Å². The van der Waals surface area contributed by atoms with Gasteiger partial charge in [-0.2, -0.15) is 5.10 Å². The van der Waals surface area contributed by atoms with Crippen molar-refractivity contribution in [3.8, 4) is 5.69 Å². The van der Waals surface area contributed by atoms with Gasteiger partial charge in [-0.1, -0.05) is 11.6 Å². The molecule has 0 saturated heterocycles. The molecular formula is C11H12ClN3O. The molecule has 4 nitrogen and oxygen atoms in total. The van der Waals surface area contributed by atoms with Crippen molar-refractivity contribution in [1.82, 2.24) is 14.3 Å². The molecule has 84 valence electrons. The zero-order valence-corrected chi connectivity index (χ0v) is 9.85. The van der Waals surface area contributed by atoms with Gasteiger partial charge in [0.05, 0.1) is 11.7 Å². The fourth-order valence-corrected chi connectivity index (χ4v) is 1.58. The van der Waals surface area contributed by atoms with Crippen LogP contribution in [-0.2, 0) is 0 Å². The first-order chi connectivity index (χ1) is 7.59. The first kappa shape index (κ1) is 11.0. The molecule has 0 radical (unpaired) electrons. The number of aromatic nitrogens is 3. The molecule has 2 aromatic rings. The molecule has 0 spiro atoms. The summed E-state index contributed by atoms with van der Waals surface area (Å²) in [5.74, 6) is 0. The molecule has 0 saturated carbocycles. The van der Waals surface area contributed by atoms with Crippen molar-refractivity contribution >= 4 is 11.6 Å². The summed E-state index contributed by atoms with van der Waals surface area (Å²) in [6, 6.07) is 7.12. The van der Waals surface area contributed by atoms with Gasteiger partial charge in [0, 0.05) is 5.02 Å². The van der Waals surface area contributed by atoms with Gasteiger partial charge < -0.3 is 0 Å². The molecule has 2 rings (SSSR count). The highest BCUT2D eigenvalue weighted by atomic mass is 35.5. The highest BCUT2D eigenvalue weighted by molar-refractivity contribution is 6.30. The fourth-order valence-electron chi connectivity index (χ4n) is 1.45. The van der Waals surface area contributed by atoms with Crippen molar-refractivity contribution in [1.29, 1.82) is 0 Å². The van der Waals surface area contributed by atoms with Gasteiger partial charge in [0.2, 0.25) is 0 Å². The molecule has 0 bridgehead atoms. The standard InChI is InChI=1S/C11H12ClN3O/c1-8(2)15-11(16)14(7-13-15)10-5-3-9(12)4-6-10/h3-8H,1-2H3. The van der Waals surface area contributed by atoms with Crippen LogP contribution in [0.25, 0.3) is 5.69 Å². The number of hydrogen-bond acceptors (Lipinski definition) is 2. The minimum atomic E-state index is -0.141. The summed E-state index contributed by atoms with van der Waals surface area (Å²) in [5, 5.41) is 4.69. The van der Waals surface area contributed by atoms with Crippen molar-refractivity contribution in [3.63, 3.8) is 0 Å². The molecule has 0 aliphatic rings. The maximum atomic E-state index is 11.9. The Balaban J connectivity index is 2.49. The molecule has 0 aliphatic heterocycles. The summed E-state index contributed by atoms with van der Waals surface area (Å²) >= 11 is 5.79. The minimum Gasteiger partial charge on any atom is -0.250 e. The summed E-state index contributed by atoms with van der Waals surface area (Å²) in [7, 11) is 0. The topological polar surface area (TPSA) is 39.8 Å². The fraction of sp³-hybridized carbons (Fsp3) is 0.273. The maximum Gasteiger partial charge on any atom is 0.350 e. The van der Waals surface area contributed by atoms with E-state index in [1.54, 1.807) is 24.3 Å². The van der Waals surface area contributed by atoms with E-state index < -0.39 is 0 Å². The Hall–Kier alpha value is -1.55. The Bertz CT molecular complexity index is 539. The second kappa shape index (κ2) is 4.14. The van der Waals surface area contributed by atoms with Crippen LogP contribution in [-0.4, -0.2) is 14.3 Å². The van der Waals surface area contributed by atoms with Gasteiger partial charge in [0.25, 0.3) is 0 Å². The monoisotopic (exact) mass is 237 g/mol. The van der Waals surface area contributed by atoms with Crippen LogP contribution < -0.4 is 5.69 Å². The van der Waals surface area contributed by atoms with Gasteiger partial charge in [-0.15, -0.1) is 0 Å². The average Bonchev–Trinajstić information content (AvgIpc) is 2.61. The molecule has 0 N–H and O–H groups in total. The highest BCUT2D eigenvalue weighted by Crippen LogP contribution is 2.11. The van der Waals surface area contributed by atoms with Gasteiger partial charge in [-0.3, -0.25) is 0 Å². The molecule has 0 unspecified atom stereocenters. The molecule has 1 heterocycles. The van der Waals surface area contributed by atoms with E-state index >= 15 is 0 Å². The van der Waals surface area contributed by atoms with E-state index in [-0.39, 0.29) is 11.7 Å². The lowest BCUT2D eigenvalue weighted by molar-refractivity contribution is 0.511. The largest absolute Gasteiger partial charge is 0.350 e. The van der Waals surface area contributed by atoms with Crippen molar-refractivity contribution in [2.45, 2.75) is 19.9 Å². The zero-order chi connectivity index (χ0) is 11.7. The third kappa shape index (κ3) is 1.88. The van der Waals surface area contributed by atoms with Crippen molar-refractivity contribution < 1.29 is 0 Å². The summed E-state index contributed by atoms with van der Waals surface area (Å²) in [6.45, 7) is 3.83. The molecule has 16 heavy (non-hydrogen) atoms. The number of benzene rings is 1. The first-order valence-corrected chi connectivity index (χ1v) is 5.39. The van der Waals surface area contributed by atoms with Gasteiger partial charge in [0.1, 0.15) is 6.33 Å². The molecule has 5 heteroatoms. The summed E-state index contributed by atoms with van der Waals surface area (Å²) in [6.07, 6.45) is 1.52. The molecule has 0 fully saturated rings. The normalized spacial score (nSPS) is 11.0. The third-order valence-electron chi connectivity index (χ3n) is 2.29. The Morgan fingerprint density at radius 1 is 1.25 bits per heavy atom. The lowest BCUT2D eigenvalue weighted by atomic mass is 10.3. The van der Waals surface area contributed by atoms with E-state index in [1.165, 1.54) is 15.6 Å². The molecular weight excluding hydrogens is 226 g/mol. The van der Waals surface area contributed by atoms with Gasteiger partial charge in [-0.25, -0.2) is 14.0 Å². The van der Waals surface area contributed by atoms with Gasteiger partial charge in [0.15, 0.2) is 0 Å². The molecule has 1 aromatic carbocycles. The number of halogens is 1. The van der Waals surface area contributed by atoms with E-state index in [2.05, 4.69) is 5.10 Å². The van der Waals surface area contributed by atoms with E-state index in [4.69, 9.17) is 11.6 Å². The smallest absolute Gasteiger partial charge is 0.250 e. The van der Waals surface area contributed by atoms with E-state index in [9.17, 15) is 4.79 Å². The Morgan fingerprint density at radius 3 is 2.38 bits per heavy atom. The van der Waals surface area contributed by atoms with Crippen molar-refractivity contribution in [2.75, 3.05) is 0 Å². The van der Waals surface area contributed by atoms with Crippen molar-refractivity contribution in [2.24, 2.45) is 0 Å². The van der Waals surface area contributed by atoms with E-state index in [0.29, 0.717) is 5.02 Å². The van der Waals surface area contributed by atoms with E-state index in [0.717, 1.165) is 5.69 Å². The lowest BCUT2D eigenvalue weighted by Crippen LogP contribution is -2.25. The highest BCUT2D eigenvalue weighted by Gasteiger charge is 2.08. The van der Waals surface area contributed by atoms with Crippen LogP contribution in [0.5, 0.6) is 0 Å². The Labute approximate surface area is 98.1 Å². The molecule has 0 amide bonds. The quantitative estimate of drug-likeness (QED) is 0.804. The predicted octanol–water partition coefficient (Wildman–Crippen LogP) is 2.27. The second-order valence-corrected chi connectivity index (χ2v) is 4.23. The zero-order valence-electron chi connectivity index (χ0n) is 9.09. The minimum absolute atomic E-state index is 0.0565. The van der Waals surface area contributed by atoms with Crippen molar-refractivity contribution in [3.05, 3.63) is 46.1 Å². The molecule has 0 aliphatic carbocycles. The summed E-state index contributed by atoms with van der Waals surface area (Å²) in [4.78, 5) is 11.9. The van der Waals surface area contributed by atoms with Crippen LogP contribution in [0.15, 0.2) is 35.4 Å². The average molecular weight is 238 g/mol. The maximum absolute atomic E-state index is 11.9. The number of rotatable bonds is 2. The van der Waals surface area contributed by atoms with Gasteiger partial charge in [-0.05, 0) is 38.1 Å². The molecule has 0 atom stereocenters. The van der Waals surface area contributed by atoms with Crippen LogP contribution in [0.3, 0.4) is 0 Å². The number of nitrogens with zero attached hydrogens (tertiary/aromatic N) is 3. The third-order valence-corrected chi connectivity index (χ3v) is 2.54. The van der Waals surface area contributed by atoms with Crippen LogP contribution >= 0.6 is 11.6 Å². The second-order valence-electron chi connectivity index (χ2n) is 3.80. The van der Waals surface area contributed by atoms with Gasteiger partial charge >= 0.3 is 5.69 Å².